The predicted octanol–water partition coefficient (Wildman–Crippen LogP) is 3.42. The number of hydrogen-bond donors (Lipinski definition) is 2. The molecule has 0 fully saturated rings. The maximum Gasteiger partial charge on any atom is 0.324 e. The van der Waals surface area contributed by atoms with E-state index in [0.717, 1.165) is 5.00 Å². The first-order valence-electron chi connectivity index (χ1n) is 6.09. The quantitative estimate of drug-likeness (QED) is 0.888. The number of anilines is 2. The second-order valence-corrected chi connectivity index (χ2v) is 4.92. The first-order chi connectivity index (χ1) is 10.2. The van der Waals surface area contributed by atoms with Gasteiger partial charge in [-0.25, -0.2) is 4.79 Å². The summed E-state index contributed by atoms with van der Waals surface area (Å²) in [6, 6.07) is 6.66. The van der Waals surface area contributed by atoms with Gasteiger partial charge < -0.3 is 19.5 Å². The van der Waals surface area contributed by atoms with E-state index in [2.05, 4.69) is 10.6 Å². The molecule has 0 atom stereocenters. The highest BCUT2D eigenvalue weighted by Crippen LogP contribution is 2.39. The second kappa shape index (κ2) is 6.85. The molecule has 1 heterocycles. The molecule has 0 spiro atoms. The average Bonchev–Trinajstić information content (AvgIpc) is 2.98. The minimum Gasteiger partial charge on any atom is -0.493 e. The summed E-state index contributed by atoms with van der Waals surface area (Å²) < 4.78 is 15.7. The number of ether oxygens (including phenoxy) is 3. The fraction of sp³-hybridized carbons (Fsp3) is 0.214. The van der Waals surface area contributed by atoms with Crippen LogP contribution in [0.25, 0.3) is 0 Å². The van der Waals surface area contributed by atoms with Crippen molar-refractivity contribution in [2.24, 2.45) is 0 Å². The number of hydrogen-bond acceptors (Lipinski definition) is 5. The Kier molecular flexibility index (Phi) is 4.89. The topological polar surface area (TPSA) is 68.8 Å². The molecule has 0 saturated heterocycles. The zero-order chi connectivity index (χ0) is 15.2. The summed E-state index contributed by atoms with van der Waals surface area (Å²) in [5.74, 6) is 1.43. The number of carbonyl (C=O) groups is 1. The van der Waals surface area contributed by atoms with Crippen LogP contribution in [0.15, 0.2) is 29.6 Å². The van der Waals surface area contributed by atoms with Gasteiger partial charge in [0.1, 0.15) is 0 Å². The Morgan fingerprint density at radius 1 is 1.05 bits per heavy atom. The minimum atomic E-state index is -0.341. The van der Waals surface area contributed by atoms with E-state index in [0.29, 0.717) is 22.9 Å². The van der Waals surface area contributed by atoms with Crippen LogP contribution in [0, 0.1) is 0 Å². The van der Waals surface area contributed by atoms with Crippen LogP contribution in [0.4, 0.5) is 15.5 Å². The van der Waals surface area contributed by atoms with Crippen molar-refractivity contribution in [2.45, 2.75) is 0 Å². The highest BCUT2D eigenvalue weighted by atomic mass is 32.1. The molecular weight excluding hydrogens is 292 g/mol. The van der Waals surface area contributed by atoms with Crippen LogP contribution >= 0.6 is 11.3 Å². The van der Waals surface area contributed by atoms with Gasteiger partial charge in [-0.2, -0.15) is 0 Å². The van der Waals surface area contributed by atoms with Crippen molar-refractivity contribution in [3.05, 3.63) is 29.6 Å². The second-order valence-electron chi connectivity index (χ2n) is 3.97. The lowest BCUT2D eigenvalue weighted by atomic mass is 10.2. The maximum absolute atomic E-state index is 11.9. The van der Waals surface area contributed by atoms with Gasteiger partial charge in [0, 0.05) is 12.1 Å². The van der Waals surface area contributed by atoms with E-state index in [4.69, 9.17) is 14.2 Å². The van der Waals surface area contributed by atoms with Crippen molar-refractivity contribution >= 4 is 28.1 Å². The monoisotopic (exact) mass is 308 g/mol. The van der Waals surface area contributed by atoms with Crippen LogP contribution in [0.2, 0.25) is 0 Å². The van der Waals surface area contributed by atoms with Gasteiger partial charge in [0.2, 0.25) is 5.75 Å². The summed E-state index contributed by atoms with van der Waals surface area (Å²) in [6.07, 6.45) is 0. The van der Waals surface area contributed by atoms with E-state index in [1.54, 1.807) is 12.1 Å². The number of methoxy groups -OCH3 is 3. The van der Waals surface area contributed by atoms with Gasteiger partial charge in [0.05, 0.1) is 32.0 Å². The Bertz CT molecular complexity index is 588. The Morgan fingerprint density at radius 2 is 1.71 bits per heavy atom. The zero-order valence-electron chi connectivity index (χ0n) is 11.9. The van der Waals surface area contributed by atoms with E-state index in [-0.39, 0.29) is 6.03 Å². The lowest BCUT2D eigenvalue weighted by molar-refractivity contribution is 0.262. The van der Waals surface area contributed by atoms with Crippen LogP contribution in [0.5, 0.6) is 17.2 Å². The molecule has 21 heavy (non-hydrogen) atoms. The number of nitrogens with one attached hydrogen (secondary N) is 2. The molecule has 2 aromatic rings. The molecule has 1 aromatic heterocycles. The summed E-state index contributed by atoms with van der Waals surface area (Å²) in [5, 5.41) is 8.10. The van der Waals surface area contributed by atoms with Crippen LogP contribution < -0.4 is 24.8 Å². The van der Waals surface area contributed by atoms with Crippen molar-refractivity contribution in [3.8, 4) is 17.2 Å². The van der Waals surface area contributed by atoms with Gasteiger partial charge in [-0.05, 0) is 17.5 Å². The van der Waals surface area contributed by atoms with Crippen LogP contribution in [0.3, 0.4) is 0 Å². The Hall–Kier alpha value is -2.41. The summed E-state index contributed by atoms with van der Waals surface area (Å²) >= 11 is 1.44. The smallest absolute Gasteiger partial charge is 0.324 e. The largest absolute Gasteiger partial charge is 0.493 e. The fourth-order valence-corrected chi connectivity index (χ4v) is 2.39. The summed E-state index contributed by atoms with van der Waals surface area (Å²) in [6.45, 7) is 0. The standard InChI is InChI=1S/C14H16N2O4S/c1-18-10-7-9(8-11(19-2)13(10)20-3)15-14(17)16-12-5-4-6-21-12/h4-8H,1-3H3,(H2,15,16,17). The Morgan fingerprint density at radius 3 is 2.19 bits per heavy atom. The first kappa shape index (κ1) is 15.0. The molecule has 2 rings (SSSR count). The van der Waals surface area contributed by atoms with Gasteiger partial charge in [-0.1, -0.05) is 0 Å². The minimum absolute atomic E-state index is 0.341. The average molecular weight is 308 g/mol. The molecule has 1 aromatic carbocycles. The molecule has 0 aliphatic rings. The van der Waals surface area contributed by atoms with Gasteiger partial charge in [0.25, 0.3) is 0 Å². The lowest BCUT2D eigenvalue weighted by Gasteiger charge is -2.14. The molecule has 0 bridgehead atoms. The summed E-state index contributed by atoms with van der Waals surface area (Å²) in [7, 11) is 4.57. The normalized spacial score (nSPS) is 9.86. The molecule has 2 N–H and O–H groups in total. The third-order valence-corrected chi connectivity index (χ3v) is 3.47. The highest BCUT2D eigenvalue weighted by Gasteiger charge is 2.14. The van der Waals surface area contributed by atoms with Crippen LogP contribution in [0.1, 0.15) is 0 Å². The zero-order valence-corrected chi connectivity index (χ0v) is 12.7. The third kappa shape index (κ3) is 3.57. The SMILES string of the molecule is COc1cc(NC(=O)Nc2cccs2)cc(OC)c1OC. The van der Waals surface area contributed by atoms with E-state index in [1.165, 1.54) is 32.7 Å². The Balaban J connectivity index is 2.17. The molecule has 0 aliphatic heterocycles. The van der Waals surface area contributed by atoms with Crippen LogP contribution in [-0.4, -0.2) is 27.4 Å². The van der Waals surface area contributed by atoms with Crippen molar-refractivity contribution in [3.63, 3.8) is 0 Å². The molecule has 0 saturated carbocycles. The van der Waals surface area contributed by atoms with Crippen molar-refractivity contribution in [1.82, 2.24) is 0 Å². The van der Waals surface area contributed by atoms with Gasteiger partial charge in [0.15, 0.2) is 11.5 Å². The molecule has 0 unspecified atom stereocenters. The fourth-order valence-electron chi connectivity index (χ4n) is 1.78. The van der Waals surface area contributed by atoms with E-state index >= 15 is 0 Å². The molecular formula is C14H16N2O4S. The number of rotatable bonds is 5. The molecule has 0 radical (unpaired) electrons. The summed E-state index contributed by atoms with van der Waals surface area (Å²) in [4.78, 5) is 11.9. The van der Waals surface area contributed by atoms with E-state index in [1.807, 2.05) is 17.5 Å². The molecule has 7 heteroatoms. The highest BCUT2D eigenvalue weighted by molar-refractivity contribution is 7.14. The van der Waals surface area contributed by atoms with Crippen molar-refractivity contribution in [2.75, 3.05) is 32.0 Å². The third-order valence-electron chi connectivity index (χ3n) is 2.68. The molecule has 2 amide bonds. The number of benzene rings is 1. The molecule has 0 aliphatic carbocycles. The van der Waals surface area contributed by atoms with Crippen molar-refractivity contribution in [1.29, 1.82) is 0 Å². The van der Waals surface area contributed by atoms with Crippen molar-refractivity contribution < 1.29 is 19.0 Å². The number of carbonyl (C=O) groups excluding carboxylic acids is 1. The lowest BCUT2D eigenvalue weighted by Crippen LogP contribution is -2.18. The van der Waals surface area contributed by atoms with E-state index < -0.39 is 0 Å². The summed E-state index contributed by atoms with van der Waals surface area (Å²) in [5.41, 5.74) is 0.540. The maximum atomic E-state index is 11.9. The van der Waals surface area contributed by atoms with Gasteiger partial charge >= 0.3 is 6.03 Å². The van der Waals surface area contributed by atoms with Gasteiger partial charge in [-0.3, -0.25) is 5.32 Å². The number of thiophene rings is 1. The van der Waals surface area contributed by atoms with Crippen LogP contribution in [-0.2, 0) is 0 Å². The molecule has 112 valence electrons. The van der Waals surface area contributed by atoms with Gasteiger partial charge in [-0.15, -0.1) is 11.3 Å². The van der Waals surface area contributed by atoms with E-state index in [9.17, 15) is 4.79 Å². The first-order valence-corrected chi connectivity index (χ1v) is 6.97. The molecule has 6 nitrogen and oxygen atoms in total. The Labute approximate surface area is 126 Å². The predicted molar refractivity (Wildman–Crippen MR) is 83.1 cm³/mol. The number of urea groups is 1. The number of amides is 2.